The highest BCUT2D eigenvalue weighted by Crippen LogP contribution is 2.62. The van der Waals surface area contributed by atoms with Crippen molar-refractivity contribution in [1.82, 2.24) is 10.2 Å². The van der Waals surface area contributed by atoms with Gasteiger partial charge in [0.05, 0.1) is 24.8 Å². The SMILES string of the molecule is C=CCOC12Oc3ccc(OC(=O)NCc4ccccc4)cc3C3C(CCCCO)C(CCCCO)C=C(C(=NOCc4ccccc4)CC1N(Cc1ccc(F)cc1)C(=O)OCCCCCCCCCCCC)C32. The number of amides is 2. The van der Waals surface area contributed by atoms with Gasteiger partial charge in [0, 0.05) is 44.2 Å². The van der Waals surface area contributed by atoms with Crippen LogP contribution in [0.4, 0.5) is 14.0 Å². The Morgan fingerprint density at radius 3 is 2.16 bits per heavy atom. The lowest BCUT2D eigenvalue weighted by Crippen LogP contribution is -2.70. The van der Waals surface area contributed by atoms with Gasteiger partial charge >= 0.3 is 12.2 Å². The van der Waals surface area contributed by atoms with Crippen LogP contribution in [0.25, 0.3) is 0 Å². The number of hydrogen-bond acceptors (Lipinski definition) is 10. The minimum atomic E-state index is -1.58. The van der Waals surface area contributed by atoms with Crippen LogP contribution >= 0.6 is 0 Å². The molecule has 0 radical (unpaired) electrons. The standard InChI is InChI=1S/C62H80FN3O9/c1-3-5-6-7-8-9-10-11-12-23-39-71-61(70)66(44-47-30-32-50(63)33-31-47)57-42-55(65-73-45-48-26-17-14-18-27-48)53-40-49(28-19-21-36-67)52(29-20-22-37-68)58-54-41-51(74-60(69)64-43-46-24-15-13-16-25-46)34-35-56(54)75-62(57,59(53)58)72-38-4-2/h4,13-18,24-27,30-35,40-41,49,52,57-59,67-68H,2-3,5-12,19-23,28-29,36-39,42-45H2,1H3,(H,64,69). The summed E-state index contributed by atoms with van der Waals surface area (Å²) in [6, 6.07) is 30.1. The number of benzene rings is 4. The number of carbonyl (C=O) groups excluding carboxylic acids is 2. The third-order valence-corrected chi connectivity index (χ3v) is 15.0. The zero-order chi connectivity index (χ0) is 52.7. The molecule has 3 aliphatic rings. The summed E-state index contributed by atoms with van der Waals surface area (Å²) in [4.78, 5) is 36.5. The van der Waals surface area contributed by atoms with E-state index in [4.69, 9.17) is 28.9 Å². The minimum absolute atomic E-state index is 0.0227. The van der Waals surface area contributed by atoms with E-state index in [-0.39, 0.29) is 70.3 Å². The number of hydrogen-bond donors (Lipinski definition) is 3. The van der Waals surface area contributed by atoms with Gasteiger partial charge in [-0.25, -0.2) is 14.0 Å². The maximum atomic E-state index is 15.1. The van der Waals surface area contributed by atoms with Crippen LogP contribution in [0, 0.1) is 23.6 Å². The number of nitrogens with zero attached hydrogens (tertiary/aromatic N) is 2. The van der Waals surface area contributed by atoms with Crippen LogP contribution in [0.3, 0.4) is 0 Å². The Bertz CT molecular complexity index is 2440. The van der Waals surface area contributed by atoms with Gasteiger partial charge in [-0.05, 0) is 96.5 Å². The van der Waals surface area contributed by atoms with Crippen LogP contribution < -0.4 is 14.8 Å². The Morgan fingerprint density at radius 2 is 1.48 bits per heavy atom. The van der Waals surface area contributed by atoms with Crippen molar-refractivity contribution in [2.75, 3.05) is 26.4 Å². The van der Waals surface area contributed by atoms with Crippen molar-refractivity contribution in [1.29, 1.82) is 0 Å². The van der Waals surface area contributed by atoms with Gasteiger partial charge < -0.3 is 39.3 Å². The predicted molar refractivity (Wildman–Crippen MR) is 291 cm³/mol. The zero-order valence-corrected chi connectivity index (χ0v) is 44.1. The number of rotatable bonds is 31. The Hall–Kier alpha value is -6.02. The molecule has 13 heteroatoms. The summed E-state index contributed by atoms with van der Waals surface area (Å²) < 4.78 is 41.4. The third kappa shape index (κ3) is 15.8. The molecule has 0 spiro atoms. The van der Waals surface area contributed by atoms with Gasteiger partial charge in [0.25, 0.3) is 0 Å². The van der Waals surface area contributed by atoms with Crippen molar-refractivity contribution in [2.24, 2.45) is 22.9 Å². The number of halogens is 1. The van der Waals surface area contributed by atoms with Gasteiger partial charge in [-0.15, -0.1) is 6.58 Å². The number of oxime groups is 1. The summed E-state index contributed by atoms with van der Waals surface area (Å²) in [5, 5.41) is 28.0. The van der Waals surface area contributed by atoms with E-state index < -0.39 is 35.8 Å². The number of aliphatic hydroxyl groups excluding tert-OH is 2. The molecular weight excluding hydrogens is 950 g/mol. The molecule has 0 saturated heterocycles. The lowest BCUT2D eigenvalue weighted by molar-refractivity contribution is -0.256. The monoisotopic (exact) mass is 1030 g/mol. The molecule has 0 aromatic heterocycles. The molecule has 1 aliphatic heterocycles. The molecular formula is C62H80FN3O9. The highest BCUT2D eigenvalue weighted by Gasteiger charge is 2.65. The molecule has 1 fully saturated rings. The summed E-state index contributed by atoms with van der Waals surface area (Å²) in [7, 11) is 0. The van der Waals surface area contributed by atoms with Crippen LogP contribution in [0.1, 0.15) is 144 Å². The van der Waals surface area contributed by atoms with Crippen molar-refractivity contribution >= 4 is 17.9 Å². The second kappa shape index (κ2) is 29.9. The predicted octanol–water partition coefficient (Wildman–Crippen LogP) is 13.5. The molecule has 6 unspecified atom stereocenters. The van der Waals surface area contributed by atoms with E-state index in [9.17, 15) is 19.4 Å². The summed E-state index contributed by atoms with van der Waals surface area (Å²) >= 11 is 0. The lowest BCUT2D eigenvalue weighted by atomic mass is 9.55. The third-order valence-electron chi connectivity index (χ3n) is 15.0. The van der Waals surface area contributed by atoms with Gasteiger partial charge in [0.1, 0.15) is 30.0 Å². The molecule has 7 rings (SSSR count). The Kier molecular flexibility index (Phi) is 22.6. The van der Waals surface area contributed by atoms with Crippen LogP contribution in [0.15, 0.2) is 133 Å². The fourth-order valence-electron chi connectivity index (χ4n) is 11.3. The number of allylic oxidation sites excluding steroid dienone is 1. The van der Waals surface area contributed by atoms with Crippen molar-refractivity contribution in [2.45, 2.75) is 154 Å². The van der Waals surface area contributed by atoms with Gasteiger partial charge in [0.15, 0.2) is 0 Å². The van der Waals surface area contributed by atoms with E-state index >= 15 is 4.79 Å². The highest BCUT2D eigenvalue weighted by atomic mass is 19.1. The largest absolute Gasteiger partial charge is 0.459 e. The van der Waals surface area contributed by atoms with E-state index in [0.29, 0.717) is 42.0 Å². The van der Waals surface area contributed by atoms with E-state index in [1.165, 1.54) is 50.7 Å². The molecule has 75 heavy (non-hydrogen) atoms. The number of nitrogens with one attached hydrogen (secondary N) is 1. The second-order valence-electron chi connectivity index (χ2n) is 20.3. The maximum absolute atomic E-state index is 15.1. The smallest absolute Gasteiger partial charge is 0.412 e. The van der Waals surface area contributed by atoms with Crippen LogP contribution in [0.2, 0.25) is 0 Å². The topological polar surface area (TPSA) is 148 Å². The van der Waals surface area contributed by atoms with Gasteiger partial charge in [-0.3, -0.25) is 4.90 Å². The maximum Gasteiger partial charge on any atom is 0.412 e. The number of carbonyl (C=O) groups is 2. The average Bonchev–Trinajstić information content (AvgIpc) is 3.47. The van der Waals surface area contributed by atoms with Gasteiger partial charge in [-0.1, -0.05) is 168 Å². The molecule has 1 heterocycles. The van der Waals surface area contributed by atoms with Crippen LogP contribution in [-0.2, 0) is 34.0 Å². The van der Waals surface area contributed by atoms with E-state index in [2.05, 4.69) is 24.9 Å². The number of unbranched alkanes of at least 4 members (excludes halogenated alkanes) is 11. The number of fused-ring (bicyclic) bond motifs is 2. The number of ether oxygens (including phenoxy) is 4. The first-order valence-electron chi connectivity index (χ1n) is 27.7. The molecule has 1 saturated carbocycles. The summed E-state index contributed by atoms with van der Waals surface area (Å²) in [6.45, 7) is 7.21. The summed E-state index contributed by atoms with van der Waals surface area (Å²) in [6.07, 6.45) is 18.5. The van der Waals surface area contributed by atoms with Crippen LogP contribution in [-0.4, -0.2) is 71.3 Å². The van der Waals surface area contributed by atoms with E-state index in [1.54, 1.807) is 29.2 Å². The van der Waals surface area contributed by atoms with Crippen molar-refractivity contribution < 1.29 is 48.0 Å². The molecule has 404 valence electrons. The quantitative estimate of drug-likeness (QED) is 0.0254. The fraction of sp³-hybridized carbons (Fsp3) is 0.500. The van der Waals surface area contributed by atoms with E-state index in [1.807, 2.05) is 72.8 Å². The van der Waals surface area contributed by atoms with Gasteiger partial charge in [-0.2, -0.15) is 0 Å². The van der Waals surface area contributed by atoms with Crippen molar-refractivity contribution in [3.05, 3.63) is 156 Å². The normalized spacial score (nSPS) is 21.0. The second-order valence-corrected chi connectivity index (χ2v) is 20.3. The van der Waals surface area contributed by atoms with E-state index in [0.717, 1.165) is 67.2 Å². The molecule has 0 bridgehead atoms. The molecule has 3 N–H and O–H groups in total. The highest BCUT2D eigenvalue weighted by molar-refractivity contribution is 6.03. The minimum Gasteiger partial charge on any atom is -0.459 e. The Balaban J connectivity index is 1.32. The molecule has 2 amide bonds. The van der Waals surface area contributed by atoms with Crippen molar-refractivity contribution in [3.8, 4) is 11.5 Å². The first-order valence-corrected chi connectivity index (χ1v) is 27.7. The zero-order valence-electron chi connectivity index (χ0n) is 44.1. The molecule has 2 aliphatic carbocycles. The van der Waals surface area contributed by atoms with Crippen molar-refractivity contribution in [3.63, 3.8) is 0 Å². The summed E-state index contributed by atoms with van der Waals surface area (Å²) in [5.74, 6) is -2.23. The lowest BCUT2D eigenvalue weighted by Gasteiger charge is -2.59. The Morgan fingerprint density at radius 1 is 0.813 bits per heavy atom. The van der Waals surface area contributed by atoms with Gasteiger partial charge in [0.2, 0.25) is 5.79 Å². The fourth-order valence-corrected chi connectivity index (χ4v) is 11.3. The number of aliphatic hydroxyl groups is 2. The van der Waals surface area contributed by atoms with Crippen LogP contribution in [0.5, 0.6) is 11.5 Å². The Labute approximate surface area is 444 Å². The molecule has 6 atom stereocenters. The molecule has 4 aromatic rings. The summed E-state index contributed by atoms with van der Waals surface area (Å²) in [5.41, 5.74) is 4.83. The first kappa shape index (κ1) is 56.7. The molecule has 12 nitrogen and oxygen atoms in total. The molecule has 4 aromatic carbocycles. The first-order chi connectivity index (χ1) is 36.8. The average molecular weight is 1030 g/mol.